The number of carbonyl (C=O) groups is 1. The molecule has 0 fully saturated rings. The molecule has 14 heavy (non-hydrogen) atoms. The number of anilines is 1. The van der Waals surface area contributed by atoms with Crippen LogP contribution in [0.3, 0.4) is 0 Å². The topological polar surface area (TPSA) is 97.8 Å². The van der Waals surface area contributed by atoms with Crippen LogP contribution in [0, 0.1) is 0 Å². The first-order valence-electron chi connectivity index (χ1n) is 3.37. The van der Waals surface area contributed by atoms with Crippen LogP contribution in [0.2, 0.25) is 0 Å². The van der Waals surface area contributed by atoms with E-state index in [0.717, 1.165) is 11.5 Å². The molecule has 1 aromatic rings. The number of nitrogens with two attached hydrogens (primary N) is 1. The van der Waals surface area contributed by atoms with E-state index >= 15 is 0 Å². The van der Waals surface area contributed by atoms with Crippen molar-refractivity contribution in [2.75, 3.05) is 12.6 Å². The van der Waals surface area contributed by atoms with Gasteiger partial charge in [-0.3, -0.25) is 0 Å². The molecule has 0 atom stereocenters. The molecule has 0 amide bonds. The van der Waals surface area contributed by atoms with E-state index in [1.165, 1.54) is 6.07 Å². The molecule has 1 heterocycles. The van der Waals surface area contributed by atoms with Crippen molar-refractivity contribution in [2.24, 2.45) is 5.16 Å². The van der Waals surface area contributed by atoms with Crippen LogP contribution in [0.15, 0.2) is 11.2 Å². The quantitative estimate of drug-likeness (QED) is 0.566. The van der Waals surface area contributed by atoms with E-state index in [1.807, 2.05) is 0 Å². The molecule has 0 aliphatic heterocycles. The molecule has 1 aromatic heterocycles. The summed E-state index contributed by atoms with van der Waals surface area (Å²) in [6.45, 7) is -1.20. The summed E-state index contributed by atoms with van der Waals surface area (Å²) in [6.07, 6.45) is 0. The van der Waals surface area contributed by atoms with E-state index in [2.05, 4.69) is 14.4 Å². The van der Waals surface area contributed by atoms with E-state index in [-0.39, 0.29) is 5.69 Å². The number of rotatable bonds is 4. The van der Waals surface area contributed by atoms with Crippen LogP contribution in [0.1, 0.15) is 5.69 Å². The number of halogens is 1. The van der Waals surface area contributed by atoms with Crippen LogP contribution in [-0.2, 0) is 9.63 Å². The van der Waals surface area contributed by atoms with Crippen LogP contribution >= 0.6 is 11.5 Å². The van der Waals surface area contributed by atoms with Crippen molar-refractivity contribution in [2.45, 2.75) is 0 Å². The lowest BCUT2D eigenvalue weighted by atomic mass is 10.3. The summed E-state index contributed by atoms with van der Waals surface area (Å²) in [6, 6.07) is 1.32. The Labute approximate surface area is 82.0 Å². The molecule has 8 heteroatoms. The summed E-state index contributed by atoms with van der Waals surface area (Å²) in [5.41, 5.74) is 4.91. The normalized spacial score (nSPS) is 11.4. The van der Waals surface area contributed by atoms with Crippen molar-refractivity contribution >= 4 is 28.2 Å². The van der Waals surface area contributed by atoms with Gasteiger partial charge in [-0.05, 0) is 11.5 Å². The van der Waals surface area contributed by atoms with E-state index < -0.39 is 18.5 Å². The fraction of sp³-hybridized carbons (Fsp3) is 0.167. The predicted octanol–water partition coefficient (Wildman–Crippen LogP) is 0.458. The number of carboxylic acids is 1. The van der Waals surface area contributed by atoms with Gasteiger partial charge in [0.05, 0.1) is 0 Å². The highest BCUT2D eigenvalue weighted by molar-refractivity contribution is 7.10. The maximum atomic E-state index is 11.6. The molecular formula is C6H6FN3O3S. The zero-order valence-electron chi connectivity index (χ0n) is 6.81. The number of aliphatic carboxylic acids is 1. The summed E-state index contributed by atoms with van der Waals surface area (Å²) in [5, 5.41) is 12.1. The SMILES string of the molecule is Nc1cc(/C(=N/OCF)C(=O)O)ns1. The van der Waals surface area contributed by atoms with Crippen LogP contribution in [0.4, 0.5) is 9.39 Å². The number of oxime groups is 1. The van der Waals surface area contributed by atoms with Crippen LogP contribution < -0.4 is 5.73 Å². The number of hydrogen-bond donors (Lipinski definition) is 2. The lowest BCUT2D eigenvalue weighted by Crippen LogP contribution is -2.15. The first-order chi connectivity index (χ1) is 6.65. The van der Waals surface area contributed by atoms with Gasteiger partial charge in [0.1, 0.15) is 10.7 Å². The molecule has 0 aliphatic rings. The second-order valence-electron chi connectivity index (χ2n) is 2.10. The largest absolute Gasteiger partial charge is 0.476 e. The summed E-state index contributed by atoms with van der Waals surface area (Å²) in [5.74, 6) is -1.36. The monoisotopic (exact) mass is 219 g/mol. The second kappa shape index (κ2) is 4.51. The van der Waals surface area contributed by atoms with Crippen LogP contribution in [-0.4, -0.2) is 28.0 Å². The third-order valence-corrected chi connectivity index (χ3v) is 1.79. The van der Waals surface area contributed by atoms with E-state index in [9.17, 15) is 9.18 Å². The average molecular weight is 219 g/mol. The molecule has 0 radical (unpaired) electrons. The molecule has 3 N–H and O–H groups in total. The molecule has 0 unspecified atom stereocenters. The van der Waals surface area contributed by atoms with E-state index in [1.54, 1.807) is 0 Å². The molecule has 76 valence electrons. The lowest BCUT2D eigenvalue weighted by Gasteiger charge is -1.95. The number of alkyl halides is 1. The lowest BCUT2D eigenvalue weighted by molar-refractivity contribution is -0.129. The molecule has 0 spiro atoms. The van der Waals surface area contributed by atoms with E-state index in [0.29, 0.717) is 5.00 Å². The van der Waals surface area contributed by atoms with Gasteiger partial charge in [0.2, 0.25) is 5.71 Å². The Kier molecular flexibility index (Phi) is 3.35. The molecule has 0 bridgehead atoms. The first-order valence-corrected chi connectivity index (χ1v) is 4.14. The molecule has 0 aliphatic carbocycles. The summed E-state index contributed by atoms with van der Waals surface area (Å²) in [4.78, 5) is 14.6. The molecule has 0 saturated carbocycles. The van der Waals surface area contributed by atoms with Crippen molar-refractivity contribution in [3.8, 4) is 0 Å². The minimum Gasteiger partial charge on any atom is -0.476 e. The smallest absolute Gasteiger partial charge is 0.360 e. The van der Waals surface area contributed by atoms with Crippen molar-refractivity contribution < 1.29 is 19.1 Å². The van der Waals surface area contributed by atoms with Gasteiger partial charge >= 0.3 is 5.97 Å². The number of hydrogen-bond acceptors (Lipinski definition) is 6. The highest BCUT2D eigenvalue weighted by Gasteiger charge is 2.16. The molecule has 1 rings (SSSR count). The highest BCUT2D eigenvalue weighted by atomic mass is 32.1. The fourth-order valence-corrected chi connectivity index (χ4v) is 1.19. The van der Waals surface area contributed by atoms with Crippen molar-refractivity contribution in [3.05, 3.63) is 11.8 Å². The molecule has 6 nitrogen and oxygen atoms in total. The van der Waals surface area contributed by atoms with Crippen LogP contribution in [0.5, 0.6) is 0 Å². The maximum absolute atomic E-state index is 11.6. The Morgan fingerprint density at radius 2 is 2.57 bits per heavy atom. The standard InChI is InChI=1S/C6H6FN3O3S/c7-2-13-9-5(6(11)12)3-1-4(8)14-10-3/h1H,2,8H2,(H,11,12)/b9-5-. The van der Waals surface area contributed by atoms with Crippen molar-refractivity contribution in [1.82, 2.24) is 4.37 Å². The van der Waals surface area contributed by atoms with Gasteiger partial charge in [-0.15, -0.1) is 0 Å². The van der Waals surface area contributed by atoms with E-state index in [4.69, 9.17) is 10.8 Å². The Balaban J connectivity index is 2.94. The minimum atomic E-state index is -1.36. The Bertz CT molecular complexity index is 365. The first kappa shape index (κ1) is 10.4. The van der Waals surface area contributed by atoms with Gasteiger partial charge in [-0.1, -0.05) is 5.16 Å². The number of aromatic nitrogens is 1. The van der Waals surface area contributed by atoms with Gasteiger partial charge in [-0.25, -0.2) is 9.18 Å². The third kappa shape index (κ3) is 2.39. The third-order valence-electron chi connectivity index (χ3n) is 1.18. The number of nitrogens with zero attached hydrogens (tertiary/aromatic N) is 2. The van der Waals surface area contributed by atoms with Crippen molar-refractivity contribution in [1.29, 1.82) is 0 Å². The van der Waals surface area contributed by atoms with Crippen LogP contribution in [0.25, 0.3) is 0 Å². The molecule has 0 saturated heterocycles. The van der Waals surface area contributed by atoms with Gasteiger partial charge in [0.25, 0.3) is 6.86 Å². The highest BCUT2D eigenvalue weighted by Crippen LogP contribution is 2.12. The van der Waals surface area contributed by atoms with Crippen molar-refractivity contribution in [3.63, 3.8) is 0 Å². The van der Waals surface area contributed by atoms with Gasteiger partial charge in [0.15, 0.2) is 0 Å². The summed E-state index contributed by atoms with van der Waals surface area (Å²) in [7, 11) is 0. The number of nitrogen functional groups attached to an aromatic ring is 1. The van der Waals surface area contributed by atoms with Gasteiger partial charge < -0.3 is 15.7 Å². The Morgan fingerprint density at radius 1 is 1.86 bits per heavy atom. The zero-order chi connectivity index (χ0) is 10.6. The summed E-state index contributed by atoms with van der Waals surface area (Å²) < 4.78 is 15.3. The fourth-order valence-electron chi connectivity index (χ4n) is 0.685. The molecular weight excluding hydrogens is 213 g/mol. The predicted molar refractivity (Wildman–Crippen MR) is 47.8 cm³/mol. The second-order valence-corrected chi connectivity index (χ2v) is 2.93. The average Bonchev–Trinajstić information content (AvgIpc) is 2.52. The number of carboxylic acid groups (broad SMARTS) is 1. The Hall–Kier alpha value is -1.70. The summed E-state index contributed by atoms with van der Waals surface area (Å²) >= 11 is 0.918. The van der Waals surface area contributed by atoms with Gasteiger partial charge in [0, 0.05) is 6.07 Å². The minimum absolute atomic E-state index is 0.0495. The van der Waals surface area contributed by atoms with Gasteiger partial charge in [-0.2, -0.15) is 4.37 Å². The Morgan fingerprint density at radius 3 is 3.00 bits per heavy atom. The molecule has 0 aromatic carbocycles. The zero-order valence-corrected chi connectivity index (χ0v) is 7.62. The maximum Gasteiger partial charge on any atom is 0.360 e.